The number of halogens is 1. The standard InChI is InChI=1S/C15H12FN3/c16-15-6-4-13(10-19-15)18-9-11-3-5-14-12(8-11)2-1-7-17-14/h1-8,10,18H,9H2. The van der Waals surface area contributed by atoms with E-state index in [1.807, 2.05) is 24.3 Å². The van der Waals surface area contributed by atoms with Crippen molar-refractivity contribution in [3.63, 3.8) is 0 Å². The van der Waals surface area contributed by atoms with Crippen molar-refractivity contribution in [2.24, 2.45) is 0 Å². The van der Waals surface area contributed by atoms with Gasteiger partial charge < -0.3 is 5.32 Å². The molecule has 0 amide bonds. The van der Waals surface area contributed by atoms with Gasteiger partial charge >= 0.3 is 0 Å². The second-order valence-electron chi connectivity index (χ2n) is 4.25. The lowest BCUT2D eigenvalue weighted by atomic mass is 10.1. The Morgan fingerprint density at radius 3 is 2.84 bits per heavy atom. The molecule has 0 radical (unpaired) electrons. The van der Waals surface area contributed by atoms with Crippen LogP contribution in [0.2, 0.25) is 0 Å². The fourth-order valence-electron chi connectivity index (χ4n) is 1.92. The predicted octanol–water partition coefficient (Wildman–Crippen LogP) is 3.38. The molecule has 0 aliphatic carbocycles. The van der Waals surface area contributed by atoms with Gasteiger partial charge in [-0.05, 0) is 35.9 Å². The van der Waals surface area contributed by atoms with E-state index in [0.29, 0.717) is 6.54 Å². The number of hydrogen-bond acceptors (Lipinski definition) is 3. The average Bonchev–Trinajstić information content (AvgIpc) is 2.46. The highest BCUT2D eigenvalue weighted by atomic mass is 19.1. The third kappa shape index (κ3) is 2.68. The minimum Gasteiger partial charge on any atom is -0.380 e. The van der Waals surface area contributed by atoms with Gasteiger partial charge in [0, 0.05) is 18.1 Å². The monoisotopic (exact) mass is 253 g/mol. The van der Waals surface area contributed by atoms with Crippen LogP contribution in [0.1, 0.15) is 5.56 Å². The number of anilines is 1. The van der Waals surface area contributed by atoms with E-state index in [1.165, 1.54) is 12.3 Å². The lowest BCUT2D eigenvalue weighted by molar-refractivity contribution is 0.584. The summed E-state index contributed by atoms with van der Waals surface area (Å²) < 4.78 is 12.7. The molecule has 0 aliphatic heterocycles. The summed E-state index contributed by atoms with van der Waals surface area (Å²) in [5.74, 6) is -0.470. The zero-order chi connectivity index (χ0) is 13.1. The summed E-state index contributed by atoms with van der Waals surface area (Å²) in [5.41, 5.74) is 2.92. The molecule has 0 saturated heterocycles. The Hall–Kier alpha value is -2.49. The molecule has 1 N–H and O–H groups in total. The van der Waals surface area contributed by atoms with Crippen LogP contribution in [0.4, 0.5) is 10.1 Å². The second-order valence-corrected chi connectivity index (χ2v) is 4.25. The van der Waals surface area contributed by atoms with Crippen molar-refractivity contribution in [3.05, 3.63) is 66.4 Å². The fraction of sp³-hybridized carbons (Fsp3) is 0.0667. The van der Waals surface area contributed by atoms with E-state index in [9.17, 15) is 4.39 Å². The van der Waals surface area contributed by atoms with Gasteiger partial charge in [-0.3, -0.25) is 4.98 Å². The SMILES string of the molecule is Fc1ccc(NCc2ccc3ncccc3c2)cn1. The Kier molecular flexibility index (Phi) is 3.06. The lowest BCUT2D eigenvalue weighted by Gasteiger charge is -2.07. The van der Waals surface area contributed by atoms with E-state index in [0.717, 1.165) is 22.2 Å². The lowest BCUT2D eigenvalue weighted by Crippen LogP contribution is -2.00. The van der Waals surface area contributed by atoms with Crippen LogP contribution >= 0.6 is 0 Å². The molecular formula is C15H12FN3. The van der Waals surface area contributed by atoms with Crippen LogP contribution in [-0.4, -0.2) is 9.97 Å². The van der Waals surface area contributed by atoms with Gasteiger partial charge in [0.1, 0.15) is 0 Å². The van der Waals surface area contributed by atoms with Crippen LogP contribution in [0.15, 0.2) is 54.9 Å². The van der Waals surface area contributed by atoms with Crippen LogP contribution in [0.3, 0.4) is 0 Å². The highest BCUT2D eigenvalue weighted by molar-refractivity contribution is 5.78. The second kappa shape index (κ2) is 5.02. The van der Waals surface area contributed by atoms with Crippen molar-refractivity contribution in [2.45, 2.75) is 6.54 Å². The molecule has 0 fully saturated rings. The molecule has 0 aliphatic rings. The number of hydrogen-bond donors (Lipinski definition) is 1. The first-order valence-corrected chi connectivity index (χ1v) is 6.00. The van der Waals surface area contributed by atoms with Gasteiger partial charge in [0.2, 0.25) is 5.95 Å². The normalized spacial score (nSPS) is 10.6. The zero-order valence-corrected chi connectivity index (χ0v) is 10.2. The third-order valence-electron chi connectivity index (χ3n) is 2.89. The Bertz CT molecular complexity index is 695. The van der Waals surface area contributed by atoms with Crippen LogP contribution in [-0.2, 0) is 6.54 Å². The first-order valence-electron chi connectivity index (χ1n) is 6.00. The summed E-state index contributed by atoms with van der Waals surface area (Å²) in [5, 5.41) is 4.31. The van der Waals surface area contributed by atoms with Gasteiger partial charge in [-0.1, -0.05) is 12.1 Å². The molecule has 3 aromatic rings. The highest BCUT2D eigenvalue weighted by Gasteiger charge is 1.98. The topological polar surface area (TPSA) is 37.8 Å². The van der Waals surface area contributed by atoms with Crippen LogP contribution in [0, 0.1) is 5.95 Å². The quantitative estimate of drug-likeness (QED) is 0.727. The molecule has 2 aromatic heterocycles. The molecule has 0 unspecified atom stereocenters. The maximum atomic E-state index is 12.7. The summed E-state index contributed by atoms with van der Waals surface area (Å²) in [4.78, 5) is 7.88. The van der Waals surface area contributed by atoms with Gasteiger partial charge in [-0.15, -0.1) is 0 Å². The third-order valence-corrected chi connectivity index (χ3v) is 2.89. The van der Waals surface area contributed by atoms with E-state index < -0.39 is 5.95 Å². The van der Waals surface area contributed by atoms with E-state index in [1.54, 1.807) is 12.3 Å². The molecule has 0 atom stereocenters. The molecule has 1 aromatic carbocycles. The van der Waals surface area contributed by atoms with E-state index in [2.05, 4.69) is 21.4 Å². The molecule has 94 valence electrons. The van der Waals surface area contributed by atoms with Gasteiger partial charge in [-0.25, -0.2) is 4.98 Å². The number of nitrogens with one attached hydrogen (secondary N) is 1. The largest absolute Gasteiger partial charge is 0.380 e. The Morgan fingerprint density at radius 1 is 1.05 bits per heavy atom. The Labute approximate surface area is 110 Å². The number of rotatable bonds is 3. The Morgan fingerprint density at radius 2 is 2.00 bits per heavy atom. The average molecular weight is 253 g/mol. The minimum atomic E-state index is -0.470. The summed E-state index contributed by atoms with van der Waals surface area (Å²) in [6, 6.07) is 13.1. The van der Waals surface area contributed by atoms with Crippen molar-refractivity contribution in [3.8, 4) is 0 Å². The van der Waals surface area contributed by atoms with E-state index in [-0.39, 0.29) is 0 Å². The first kappa shape index (κ1) is 11.6. The maximum Gasteiger partial charge on any atom is 0.212 e. The molecular weight excluding hydrogens is 241 g/mol. The number of fused-ring (bicyclic) bond motifs is 1. The number of nitrogens with zero attached hydrogens (tertiary/aromatic N) is 2. The van der Waals surface area contributed by atoms with E-state index >= 15 is 0 Å². The number of benzene rings is 1. The minimum absolute atomic E-state index is 0.470. The maximum absolute atomic E-state index is 12.7. The summed E-state index contributed by atoms with van der Waals surface area (Å²) in [6.07, 6.45) is 3.27. The van der Waals surface area contributed by atoms with Gasteiger partial charge in [0.15, 0.2) is 0 Å². The van der Waals surface area contributed by atoms with Crippen LogP contribution in [0.25, 0.3) is 10.9 Å². The van der Waals surface area contributed by atoms with Gasteiger partial charge in [0.05, 0.1) is 17.4 Å². The van der Waals surface area contributed by atoms with Crippen LogP contribution in [0.5, 0.6) is 0 Å². The van der Waals surface area contributed by atoms with E-state index in [4.69, 9.17) is 0 Å². The molecule has 4 heteroatoms. The van der Waals surface area contributed by atoms with Gasteiger partial charge in [0.25, 0.3) is 0 Å². The predicted molar refractivity (Wildman–Crippen MR) is 73.3 cm³/mol. The van der Waals surface area contributed by atoms with Crippen LogP contribution < -0.4 is 5.32 Å². The molecule has 3 nitrogen and oxygen atoms in total. The molecule has 19 heavy (non-hydrogen) atoms. The smallest absolute Gasteiger partial charge is 0.212 e. The van der Waals surface area contributed by atoms with Gasteiger partial charge in [-0.2, -0.15) is 4.39 Å². The van der Waals surface area contributed by atoms with Crippen molar-refractivity contribution >= 4 is 16.6 Å². The first-order chi connectivity index (χ1) is 9.31. The number of pyridine rings is 2. The Balaban J connectivity index is 1.76. The zero-order valence-electron chi connectivity index (χ0n) is 10.2. The highest BCUT2D eigenvalue weighted by Crippen LogP contribution is 2.14. The number of aromatic nitrogens is 2. The summed E-state index contributed by atoms with van der Waals surface area (Å²) in [7, 11) is 0. The summed E-state index contributed by atoms with van der Waals surface area (Å²) in [6.45, 7) is 0.665. The van der Waals surface area contributed by atoms with Crippen molar-refractivity contribution in [2.75, 3.05) is 5.32 Å². The molecule has 2 heterocycles. The molecule has 0 bridgehead atoms. The molecule has 0 spiro atoms. The molecule has 0 saturated carbocycles. The summed E-state index contributed by atoms with van der Waals surface area (Å²) >= 11 is 0. The fourth-order valence-corrected chi connectivity index (χ4v) is 1.92. The van der Waals surface area contributed by atoms with Crippen molar-refractivity contribution < 1.29 is 4.39 Å². The van der Waals surface area contributed by atoms with Crippen molar-refractivity contribution in [1.29, 1.82) is 0 Å². The molecule has 3 rings (SSSR count). The van der Waals surface area contributed by atoms with Crippen molar-refractivity contribution in [1.82, 2.24) is 9.97 Å².